The molecule has 0 amide bonds. The van der Waals surface area contributed by atoms with Gasteiger partial charge in [-0.1, -0.05) is 122 Å². The van der Waals surface area contributed by atoms with Gasteiger partial charge in [-0.25, -0.2) is 0 Å². The fraction of sp³-hybridized carbons (Fsp3) is 0.106. The maximum absolute atomic E-state index is 4.72. The third-order valence-corrected chi connectivity index (χ3v) is 11.2. The number of hydrogen-bond donors (Lipinski definition) is 1. The van der Waals surface area contributed by atoms with E-state index in [0.29, 0.717) is 0 Å². The van der Waals surface area contributed by atoms with Crippen LogP contribution in [0.15, 0.2) is 158 Å². The Morgan fingerprint density at radius 2 is 1.52 bits per heavy atom. The van der Waals surface area contributed by atoms with Crippen LogP contribution in [0.3, 0.4) is 0 Å². The Balaban J connectivity index is 1.24. The number of aromatic nitrogens is 1. The molecule has 242 valence electrons. The van der Waals surface area contributed by atoms with Crippen molar-refractivity contribution in [2.45, 2.75) is 32.1 Å². The molecule has 0 atom stereocenters. The lowest BCUT2D eigenvalue weighted by Crippen LogP contribution is -2.16. The number of benzene rings is 4. The van der Waals surface area contributed by atoms with Crippen LogP contribution in [0.5, 0.6) is 0 Å². The van der Waals surface area contributed by atoms with E-state index in [1.165, 1.54) is 77.1 Å². The van der Waals surface area contributed by atoms with Gasteiger partial charge in [0.1, 0.15) is 0 Å². The zero-order valence-corrected chi connectivity index (χ0v) is 28.8. The summed E-state index contributed by atoms with van der Waals surface area (Å²) in [6.45, 7) is 4.72. The van der Waals surface area contributed by atoms with E-state index in [1.54, 1.807) is 0 Å². The maximum Gasteiger partial charge on any atom is 0.0556 e. The van der Waals surface area contributed by atoms with Crippen LogP contribution in [-0.2, 0) is 12.8 Å². The number of aromatic amines is 1. The topological polar surface area (TPSA) is 19.0 Å². The number of H-pyrrole nitrogens is 1. The number of anilines is 2. The number of hydrogen-bond acceptors (Lipinski definition) is 2. The van der Waals surface area contributed by atoms with Gasteiger partial charge in [-0.15, -0.1) is 11.3 Å². The lowest BCUT2D eigenvalue weighted by atomic mass is 9.98. The minimum absolute atomic E-state index is 0.805. The SMILES string of the molecule is C=C1/C=C(c2ccccc2)\C=C/Cc2cc3c4c(sc3cc2N1c1ccc(C2=CCCCC=C2)cc1)C/C=C\C=C/c1c-4[nH]c2ccccc12. The molecule has 3 heteroatoms. The molecule has 2 nitrogen and oxygen atoms in total. The molecule has 3 heterocycles. The van der Waals surface area contributed by atoms with Crippen molar-refractivity contribution in [3.63, 3.8) is 0 Å². The van der Waals surface area contributed by atoms with Gasteiger partial charge in [0.15, 0.2) is 0 Å². The van der Waals surface area contributed by atoms with Crippen LogP contribution in [0.2, 0.25) is 0 Å². The maximum atomic E-state index is 4.72. The summed E-state index contributed by atoms with van der Waals surface area (Å²) in [6, 6.07) is 33.2. The van der Waals surface area contributed by atoms with Crippen molar-refractivity contribution in [3.05, 3.63) is 185 Å². The van der Waals surface area contributed by atoms with Gasteiger partial charge in [0.2, 0.25) is 0 Å². The summed E-state index contributed by atoms with van der Waals surface area (Å²) in [7, 11) is 0. The zero-order valence-electron chi connectivity index (χ0n) is 28.0. The Bertz CT molecular complexity index is 2460. The molecule has 0 bridgehead atoms. The zero-order chi connectivity index (χ0) is 33.4. The summed E-state index contributed by atoms with van der Waals surface area (Å²) in [5.74, 6) is 0. The van der Waals surface area contributed by atoms with E-state index in [4.69, 9.17) is 6.58 Å². The van der Waals surface area contributed by atoms with Crippen molar-refractivity contribution in [1.82, 2.24) is 4.98 Å². The predicted molar refractivity (Wildman–Crippen MR) is 217 cm³/mol. The minimum atomic E-state index is 0.805. The van der Waals surface area contributed by atoms with Gasteiger partial charge < -0.3 is 9.88 Å². The highest BCUT2D eigenvalue weighted by molar-refractivity contribution is 7.19. The molecule has 1 N–H and O–H groups in total. The van der Waals surface area contributed by atoms with Crippen LogP contribution in [-0.4, -0.2) is 4.98 Å². The molecule has 50 heavy (non-hydrogen) atoms. The number of nitrogens with one attached hydrogen (secondary N) is 1. The average molecular weight is 663 g/mol. The van der Waals surface area contributed by atoms with Crippen molar-refractivity contribution in [2.24, 2.45) is 0 Å². The molecule has 0 saturated carbocycles. The molecule has 4 aromatic carbocycles. The molecule has 0 saturated heterocycles. The predicted octanol–water partition coefficient (Wildman–Crippen LogP) is 13.1. The second kappa shape index (κ2) is 13.0. The smallest absolute Gasteiger partial charge is 0.0556 e. The van der Waals surface area contributed by atoms with E-state index < -0.39 is 0 Å². The van der Waals surface area contributed by atoms with Crippen molar-refractivity contribution in [3.8, 4) is 11.3 Å². The molecule has 2 aliphatic carbocycles. The second-order valence-electron chi connectivity index (χ2n) is 13.3. The van der Waals surface area contributed by atoms with Gasteiger partial charge in [-0.2, -0.15) is 0 Å². The average Bonchev–Trinajstić information content (AvgIpc) is 3.59. The lowest BCUT2D eigenvalue weighted by molar-refractivity contribution is 0.876. The van der Waals surface area contributed by atoms with Gasteiger partial charge in [0, 0.05) is 54.8 Å². The first-order valence-corrected chi connectivity index (χ1v) is 18.5. The normalized spacial score (nSPS) is 18.9. The molecule has 3 aliphatic rings. The van der Waals surface area contributed by atoms with Crippen LogP contribution in [0.25, 0.3) is 49.5 Å². The summed E-state index contributed by atoms with van der Waals surface area (Å²) in [5, 5.41) is 2.56. The molecule has 0 radical (unpaired) electrons. The molecule has 6 aromatic rings. The Kier molecular flexibility index (Phi) is 7.91. The Morgan fingerprint density at radius 3 is 2.42 bits per heavy atom. The summed E-state index contributed by atoms with van der Waals surface area (Å²) in [6.07, 6.45) is 27.8. The lowest BCUT2D eigenvalue weighted by Gasteiger charge is -2.28. The third kappa shape index (κ3) is 5.54. The van der Waals surface area contributed by atoms with Crippen molar-refractivity contribution >= 4 is 60.9 Å². The fourth-order valence-electron chi connectivity index (χ4n) is 7.62. The molecule has 0 fully saturated rings. The molecule has 0 unspecified atom stereocenters. The number of thiophene rings is 1. The summed E-state index contributed by atoms with van der Waals surface area (Å²) in [4.78, 5) is 7.58. The van der Waals surface area contributed by atoms with Crippen LogP contribution < -0.4 is 4.90 Å². The highest BCUT2D eigenvalue weighted by Gasteiger charge is 2.24. The largest absolute Gasteiger partial charge is 0.354 e. The Hall–Kier alpha value is -5.64. The van der Waals surface area contributed by atoms with E-state index in [-0.39, 0.29) is 0 Å². The first kappa shape index (κ1) is 30.4. The van der Waals surface area contributed by atoms with Crippen LogP contribution >= 0.6 is 11.3 Å². The second-order valence-corrected chi connectivity index (χ2v) is 14.4. The van der Waals surface area contributed by atoms with E-state index in [2.05, 4.69) is 162 Å². The van der Waals surface area contributed by atoms with Gasteiger partial charge in [0.25, 0.3) is 0 Å². The Morgan fingerprint density at radius 1 is 0.700 bits per heavy atom. The minimum Gasteiger partial charge on any atom is -0.354 e. The van der Waals surface area contributed by atoms with Gasteiger partial charge in [-0.3, -0.25) is 0 Å². The first-order chi connectivity index (χ1) is 24.7. The number of para-hydroxylation sites is 1. The quantitative estimate of drug-likeness (QED) is 0.200. The number of rotatable bonds is 3. The molecule has 2 aromatic heterocycles. The van der Waals surface area contributed by atoms with Crippen LogP contribution in [0, 0.1) is 0 Å². The number of allylic oxidation sites excluding steroid dienone is 11. The molecule has 0 spiro atoms. The van der Waals surface area contributed by atoms with E-state index in [9.17, 15) is 0 Å². The number of nitrogens with zero attached hydrogens (tertiary/aromatic N) is 1. The van der Waals surface area contributed by atoms with E-state index in [1.807, 2.05) is 11.3 Å². The van der Waals surface area contributed by atoms with Crippen LogP contribution in [0.1, 0.15) is 46.4 Å². The van der Waals surface area contributed by atoms with Crippen molar-refractivity contribution in [1.29, 1.82) is 0 Å². The Labute approximate surface area is 298 Å². The highest BCUT2D eigenvalue weighted by atomic mass is 32.1. The summed E-state index contributed by atoms with van der Waals surface area (Å²) >= 11 is 1.91. The van der Waals surface area contributed by atoms with Crippen molar-refractivity contribution in [2.75, 3.05) is 4.90 Å². The van der Waals surface area contributed by atoms with Gasteiger partial charge >= 0.3 is 0 Å². The monoisotopic (exact) mass is 662 g/mol. The first-order valence-electron chi connectivity index (χ1n) is 17.6. The standard InChI is InChI=1S/C47H38N2S/c1-32-29-36(34-17-8-4-9-18-34)19-14-20-37-30-41-45(31-43(37)49(32)38-27-25-35(26-28-38)33-15-6-2-3-7-16-33)50-44-24-11-5-10-22-40-39-21-12-13-23-42(39)48-47(40)46(41)44/h4-6,8-19,21-23,25-31,48H,1-3,7,20,24H2/b11-5-,19-14-,22-10-,36-29+. The van der Waals surface area contributed by atoms with Gasteiger partial charge in [0.05, 0.1) is 11.4 Å². The molecular weight excluding hydrogens is 625 g/mol. The number of fused-ring (bicyclic) bond motifs is 8. The third-order valence-electron chi connectivity index (χ3n) is 10.1. The highest BCUT2D eigenvalue weighted by Crippen LogP contribution is 2.47. The fourth-order valence-corrected chi connectivity index (χ4v) is 8.82. The molecular formula is C47H38N2S. The van der Waals surface area contributed by atoms with E-state index >= 15 is 0 Å². The van der Waals surface area contributed by atoms with Gasteiger partial charge in [-0.05, 0) is 89.9 Å². The summed E-state index contributed by atoms with van der Waals surface area (Å²) in [5.41, 5.74) is 14.4. The molecule has 1 aliphatic heterocycles. The van der Waals surface area contributed by atoms with Crippen molar-refractivity contribution < 1.29 is 0 Å². The van der Waals surface area contributed by atoms with Crippen LogP contribution in [0.4, 0.5) is 11.4 Å². The molecule has 9 rings (SSSR count). The summed E-state index contributed by atoms with van der Waals surface area (Å²) < 4.78 is 1.29. The van der Waals surface area contributed by atoms with E-state index in [0.717, 1.165) is 42.6 Å².